The lowest BCUT2D eigenvalue weighted by Crippen LogP contribution is -2.45. The molecule has 0 spiro atoms. The van der Waals surface area contributed by atoms with Gasteiger partial charge in [-0.3, -0.25) is 4.90 Å². The molecule has 1 N–H and O–H groups in total. The van der Waals surface area contributed by atoms with Crippen molar-refractivity contribution in [3.8, 4) is 5.88 Å². The third-order valence-corrected chi connectivity index (χ3v) is 5.15. The molecule has 5 heteroatoms. The fourth-order valence-electron chi connectivity index (χ4n) is 4.06. The molecule has 1 aliphatic carbocycles. The average Bonchev–Trinajstić information content (AvgIpc) is 3.10. The summed E-state index contributed by atoms with van der Waals surface area (Å²) < 4.78 is 5.43. The number of ether oxygens (including phenoxy) is 1. The van der Waals surface area contributed by atoms with Gasteiger partial charge in [-0.25, -0.2) is 4.98 Å². The van der Waals surface area contributed by atoms with Crippen LogP contribution in [0.3, 0.4) is 0 Å². The van der Waals surface area contributed by atoms with Crippen molar-refractivity contribution < 1.29 is 4.74 Å². The maximum absolute atomic E-state index is 5.43. The van der Waals surface area contributed by atoms with Crippen LogP contribution < -0.4 is 10.1 Å². The smallest absolute Gasteiger partial charge is 0.225 e. The molecule has 0 radical (unpaired) electrons. The Labute approximate surface area is 139 Å². The highest BCUT2D eigenvalue weighted by molar-refractivity contribution is 5.27. The minimum absolute atomic E-state index is 0.634. The first-order valence-electron chi connectivity index (χ1n) is 9.32. The molecule has 2 heterocycles. The summed E-state index contributed by atoms with van der Waals surface area (Å²) in [6.45, 7) is 4.83. The number of nitrogens with one attached hydrogen (secondary N) is 1. The third kappa shape index (κ3) is 4.56. The van der Waals surface area contributed by atoms with Crippen molar-refractivity contribution in [1.29, 1.82) is 0 Å². The van der Waals surface area contributed by atoms with E-state index in [-0.39, 0.29) is 0 Å². The van der Waals surface area contributed by atoms with Gasteiger partial charge < -0.3 is 10.1 Å². The van der Waals surface area contributed by atoms with E-state index in [2.05, 4.69) is 20.2 Å². The van der Waals surface area contributed by atoms with E-state index in [0.29, 0.717) is 18.4 Å². The van der Waals surface area contributed by atoms with Gasteiger partial charge in [-0.05, 0) is 45.6 Å². The van der Waals surface area contributed by atoms with E-state index in [1.165, 1.54) is 57.9 Å². The Morgan fingerprint density at radius 3 is 2.87 bits per heavy atom. The van der Waals surface area contributed by atoms with E-state index in [1.807, 2.05) is 6.92 Å². The SMILES string of the molecule is CCOc1ccnc(NCCC2CCCCN2C2CCCC2)n1. The van der Waals surface area contributed by atoms with Gasteiger partial charge in [-0.1, -0.05) is 19.3 Å². The summed E-state index contributed by atoms with van der Waals surface area (Å²) in [5.74, 6) is 1.33. The van der Waals surface area contributed by atoms with Crippen LogP contribution in [0.2, 0.25) is 0 Å². The lowest BCUT2D eigenvalue weighted by Gasteiger charge is -2.40. The summed E-state index contributed by atoms with van der Waals surface area (Å²) in [6, 6.07) is 3.38. The summed E-state index contributed by atoms with van der Waals surface area (Å²) in [5.41, 5.74) is 0. The molecule has 2 fully saturated rings. The molecule has 23 heavy (non-hydrogen) atoms. The number of hydrogen-bond acceptors (Lipinski definition) is 5. The topological polar surface area (TPSA) is 50.3 Å². The van der Waals surface area contributed by atoms with Crippen LogP contribution in [-0.2, 0) is 0 Å². The highest BCUT2D eigenvalue weighted by atomic mass is 16.5. The largest absolute Gasteiger partial charge is 0.478 e. The fourth-order valence-corrected chi connectivity index (χ4v) is 4.06. The second-order valence-corrected chi connectivity index (χ2v) is 6.69. The normalized spacial score (nSPS) is 23.1. The van der Waals surface area contributed by atoms with Gasteiger partial charge in [-0.15, -0.1) is 0 Å². The van der Waals surface area contributed by atoms with Crippen molar-refractivity contribution in [3.05, 3.63) is 12.3 Å². The minimum Gasteiger partial charge on any atom is -0.478 e. The Bertz CT molecular complexity index is 476. The zero-order chi connectivity index (χ0) is 15.9. The first kappa shape index (κ1) is 16.5. The van der Waals surface area contributed by atoms with E-state index < -0.39 is 0 Å². The molecule has 1 saturated carbocycles. The van der Waals surface area contributed by atoms with E-state index in [0.717, 1.165) is 18.6 Å². The lowest BCUT2D eigenvalue weighted by atomic mass is 9.96. The summed E-state index contributed by atoms with van der Waals surface area (Å²) in [5, 5.41) is 3.37. The molecular weight excluding hydrogens is 288 g/mol. The number of aromatic nitrogens is 2. The van der Waals surface area contributed by atoms with E-state index in [1.54, 1.807) is 12.3 Å². The van der Waals surface area contributed by atoms with Gasteiger partial charge >= 0.3 is 0 Å². The van der Waals surface area contributed by atoms with Gasteiger partial charge in [0, 0.05) is 30.9 Å². The van der Waals surface area contributed by atoms with Gasteiger partial charge in [0.05, 0.1) is 6.61 Å². The molecule has 0 amide bonds. The zero-order valence-electron chi connectivity index (χ0n) is 14.3. The maximum atomic E-state index is 5.43. The number of anilines is 1. The second-order valence-electron chi connectivity index (χ2n) is 6.69. The molecule has 1 aromatic rings. The molecule has 5 nitrogen and oxygen atoms in total. The van der Waals surface area contributed by atoms with Gasteiger partial charge in [-0.2, -0.15) is 4.98 Å². The molecule has 1 saturated heterocycles. The van der Waals surface area contributed by atoms with Crippen LogP contribution in [0.1, 0.15) is 58.3 Å². The van der Waals surface area contributed by atoms with Crippen molar-refractivity contribution >= 4 is 5.95 Å². The maximum Gasteiger partial charge on any atom is 0.225 e. The molecule has 0 bridgehead atoms. The fraction of sp³-hybridized carbons (Fsp3) is 0.778. The number of likely N-dealkylation sites (tertiary alicyclic amines) is 1. The van der Waals surface area contributed by atoms with Crippen LogP contribution in [-0.4, -0.2) is 46.6 Å². The first-order valence-corrected chi connectivity index (χ1v) is 9.32. The van der Waals surface area contributed by atoms with E-state index in [9.17, 15) is 0 Å². The molecule has 2 aliphatic rings. The lowest BCUT2D eigenvalue weighted by molar-refractivity contribution is 0.0933. The molecule has 0 aromatic carbocycles. The number of hydrogen-bond donors (Lipinski definition) is 1. The third-order valence-electron chi connectivity index (χ3n) is 5.15. The molecule has 1 atom stereocenters. The first-order chi connectivity index (χ1) is 11.4. The Morgan fingerprint density at radius 1 is 1.22 bits per heavy atom. The van der Waals surface area contributed by atoms with Gasteiger partial charge in [0.2, 0.25) is 11.8 Å². The van der Waals surface area contributed by atoms with Crippen LogP contribution >= 0.6 is 0 Å². The van der Waals surface area contributed by atoms with Crippen molar-refractivity contribution in [2.24, 2.45) is 0 Å². The van der Waals surface area contributed by atoms with Crippen LogP contribution in [0.4, 0.5) is 5.95 Å². The quantitative estimate of drug-likeness (QED) is 0.834. The predicted octanol–water partition coefficient (Wildman–Crippen LogP) is 3.47. The molecular formula is C18H30N4O. The van der Waals surface area contributed by atoms with Gasteiger partial charge in [0.25, 0.3) is 0 Å². The van der Waals surface area contributed by atoms with Crippen molar-refractivity contribution in [2.75, 3.05) is 25.0 Å². The molecule has 1 unspecified atom stereocenters. The van der Waals surface area contributed by atoms with Crippen LogP contribution in [0.25, 0.3) is 0 Å². The summed E-state index contributed by atoms with van der Waals surface area (Å²) in [6.07, 6.45) is 12.7. The highest BCUT2D eigenvalue weighted by Gasteiger charge is 2.30. The van der Waals surface area contributed by atoms with Crippen LogP contribution in [0, 0.1) is 0 Å². The monoisotopic (exact) mass is 318 g/mol. The minimum atomic E-state index is 0.634. The summed E-state index contributed by atoms with van der Waals surface area (Å²) >= 11 is 0. The number of nitrogens with zero attached hydrogens (tertiary/aromatic N) is 3. The van der Waals surface area contributed by atoms with E-state index in [4.69, 9.17) is 4.74 Å². The number of rotatable bonds is 7. The summed E-state index contributed by atoms with van der Waals surface area (Å²) in [7, 11) is 0. The Morgan fingerprint density at radius 2 is 2.04 bits per heavy atom. The van der Waals surface area contributed by atoms with Crippen molar-refractivity contribution in [2.45, 2.75) is 70.4 Å². The predicted molar refractivity (Wildman–Crippen MR) is 92.9 cm³/mol. The summed E-state index contributed by atoms with van der Waals surface area (Å²) in [4.78, 5) is 11.5. The Hall–Kier alpha value is -1.36. The zero-order valence-corrected chi connectivity index (χ0v) is 14.3. The van der Waals surface area contributed by atoms with Crippen molar-refractivity contribution in [3.63, 3.8) is 0 Å². The van der Waals surface area contributed by atoms with E-state index >= 15 is 0 Å². The average molecular weight is 318 g/mol. The van der Waals surface area contributed by atoms with Crippen molar-refractivity contribution in [1.82, 2.24) is 14.9 Å². The number of piperidine rings is 1. The van der Waals surface area contributed by atoms with Crippen LogP contribution in [0.5, 0.6) is 5.88 Å². The molecule has 3 rings (SSSR count). The Balaban J connectivity index is 1.49. The molecule has 1 aliphatic heterocycles. The second kappa shape index (κ2) is 8.48. The molecule has 1 aromatic heterocycles. The van der Waals surface area contributed by atoms with Gasteiger partial charge in [0.1, 0.15) is 0 Å². The molecule has 128 valence electrons. The standard InChI is InChI=1S/C18H30N4O/c1-2-23-17-11-13-20-18(21-17)19-12-10-16-9-5-6-14-22(16)15-7-3-4-8-15/h11,13,15-16H,2-10,12,14H2,1H3,(H,19,20,21). The Kier molecular flexibility index (Phi) is 6.08. The van der Waals surface area contributed by atoms with Crippen LogP contribution in [0.15, 0.2) is 12.3 Å². The van der Waals surface area contributed by atoms with Gasteiger partial charge in [0.15, 0.2) is 0 Å². The highest BCUT2D eigenvalue weighted by Crippen LogP contribution is 2.30.